The number of rotatable bonds is 6. The highest BCUT2D eigenvalue weighted by atomic mass is 35.5. The second-order valence-corrected chi connectivity index (χ2v) is 6.05. The van der Waals surface area contributed by atoms with Crippen molar-refractivity contribution < 1.29 is 14.8 Å². The van der Waals surface area contributed by atoms with Gasteiger partial charge in [0.2, 0.25) is 0 Å². The van der Waals surface area contributed by atoms with Gasteiger partial charge in [-0.1, -0.05) is 35.3 Å². The summed E-state index contributed by atoms with van der Waals surface area (Å²) in [5.74, 6) is 0.449. The van der Waals surface area contributed by atoms with E-state index < -0.39 is 0 Å². The first kappa shape index (κ1) is 17.6. The lowest BCUT2D eigenvalue weighted by atomic mass is 10.1. The number of carbonyl (C=O) groups is 1. The van der Waals surface area contributed by atoms with E-state index in [1.165, 1.54) is 0 Å². The van der Waals surface area contributed by atoms with Crippen LogP contribution in [-0.2, 0) is 4.79 Å². The maximum Gasteiger partial charge on any atom is 0.279 e. The number of nitrogens with two attached hydrogens (primary N) is 1. The maximum absolute atomic E-state index is 12.1. The molecule has 0 saturated heterocycles. The van der Waals surface area contributed by atoms with E-state index in [-0.39, 0.29) is 18.5 Å². The van der Waals surface area contributed by atoms with E-state index in [0.29, 0.717) is 21.5 Å². The lowest BCUT2D eigenvalue weighted by Gasteiger charge is -2.13. The van der Waals surface area contributed by atoms with Crippen molar-refractivity contribution >= 4 is 34.8 Å². The summed E-state index contributed by atoms with van der Waals surface area (Å²) in [6.45, 7) is 2.31. The monoisotopic (exact) mass is 353 g/mol. The Labute approximate surface area is 145 Å². The molecule has 2 aromatic rings. The molecule has 4 nitrogen and oxygen atoms in total. The summed E-state index contributed by atoms with van der Waals surface area (Å²) in [4.78, 5) is 12.1. The van der Waals surface area contributed by atoms with Crippen molar-refractivity contribution in [3.8, 4) is 5.75 Å². The van der Waals surface area contributed by atoms with Crippen LogP contribution in [0.2, 0.25) is 10.0 Å². The SMILES string of the molecule is COc1ccc(Cl)cc1NC(=O)C[NH2+][C@H](C)c1cccc(Cl)c1. The molecule has 3 N–H and O–H groups in total. The number of halogens is 2. The van der Waals surface area contributed by atoms with Crippen LogP contribution in [0, 0.1) is 0 Å². The standard InChI is InChI=1S/C17H18Cl2N2O2/c1-11(12-4-3-5-13(18)8-12)20-10-17(22)21-15-9-14(19)6-7-16(15)23-2/h3-9,11,20H,10H2,1-2H3,(H,21,22)/p+1/t11-/m1/s1. The quantitative estimate of drug-likeness (QED) is 0.837. The fourth-order valence-electron chi connectivity index (χ4n) is 2.19. The van der Waals surface area contributed by atoms with Crippen molar-refractivity contribution in [3.63, 3.8) is 0 Å². The molecule has 6 heteroatoms. The fraction of sp³-hybridized carbons (Fsp3) is 0.235. The normalized spacial score (nSPS) is 11.8. The predicted octanol–water partition coefficient (Wildman–Crippen LogP) is 3.27. The molecule has 1 atom stereocenters. The fourth-order valence-corrected chi connectivity index (χ4v) is 2.56. The number of hydrogen-bond acceptors (Lipinski definition) is 2. The number of nitrogens with one attached hydrogen (secondary N) is 1. The number of ether oxygens (including phenoxy) is 1. The molecule has 0 radical (unpaired) electrons. The van der Waals surface area contributed by atoms with E-state index >= 15 is 0 Å². The molecular formula is C17H19Cl2N2O2+. The molecule has 0 fully saturated rings. The summed E-state index contributed by atoms with van der Waals surface area (Å²) < 4.78 is 5.21. The molecule has 0 unspecified atom stereocenters. The third-order valence-corrected chi connectivity index (χ3v) is 3.94. The first-order valence-corrected chi connectivity index (χ1v) is 7.97. The molecule has 0 aliphatic rings. The Hall–Kier alpha value is -1.75. The van der Waals surface area contributed by atoms with Crippen molar-refractivity contribution in [2.45, 2.75) is 13.0 Å². The van der Waals surface area contributed by atoms with Gasteiger partial charge in [0.25, 0.3) is 5.91 Å². The van der Waals surface area contributed by atoms with Gasteiger partial charge in [-0.3, -0.25) is 4.79 Å². The molecule has 23 heavy (non-hydrogen) atoms. The Morgan fingerprint density at radius 3 is 2.65 bits per heavy atom. The topological polar surface area (TPSA) is 54.9 Å². The third-order valence-electron chi connectivity index (χ3n) is 3.47. The number of methoxy groups -OCH3 is 1. The molecular weight excluding hydrogens is 335 g/mol. The zero-order valence-electron chi connectivity index (χ0n) is 13.0. The largest absolute Gasteiger partial charge is 0.495 e. The van der Waals surface area contributed by atoms with Gasteiger partial charge in [0.15, 0.2) is 6.54 Å². The summed E-state index contributed by atoms with van der Waals surface area (Å²) in [5.41, 5.74) is 1.64. The lowest BCUT2D eigenvalue weighted by molar-refractivity contribution is -0.682. The molecule has 0 aliphatic heterocycles. The number of benzene rings is 2. The Morgan fingerprint density at radius 2 is 1.96 bits per heavy atom. The van der Waals surface area contributed by atoms with E-state index in [1.54, 1.807) is 25.3 Å². The van der Waals surface area contributed by atoms with Crippen LogP contribution < -0.4 is 15.4 Å². The number of anilines is 1. The van der Waals surface area contributed by atoms with Gasteiger partial charge in [-0.25, -0.2) is 0 Å². The van der Waals surface area contributed by atoms with Gasteiger partial charge in [0.05, 0.1) is 12.8 Å². The third kappa shape index (κ3) is 5.13. The van der Waals surface area contributed by atoms with Gasteiger partial charge in [0, 0.05) is 15.6 Å². The summed E-state index contributed by atoms with van der Waals surface area (Å²) in [6, 6.07) is 12.8. The van der Waals surface area contributed by atoms with E-state index in [4.69, 9.17) is 27.9 Å². The summed E-state index contributed by atoms with van der Waals surface area (Å²) in [5, 5.41) is 5.99. The number of amides is 1. The van der Waals surface area contributed by atoms with Crippen LogP contribution in [0.15, 0.2) is 42.5 Å². The number of hydrogen-bond donors (Lipinski definition) is 2. The van der Waals surface area contributed by atoms with Gasteiger partial charge in [0.1, 0.15) is 11.8 Å². The van der Waals surface area contributed by atoms with Crippen LogP contribution in [0.5, 0.6) is 5.75 Å². The minimum atomic E-state index is -0.126. The number of carbonyl (C=O) groups excluding carboxylic acids is 1. The van der Waals surface area contributed by atoms with Crippen molar-refractivity contribution in [2.75, 3.05) is 19.0 Å². The second-order valence-electron chi connectivity index (χ2n) is 5.18. The van der Waals surface area contributed by atoms with Crippen molar-refractivity contribution in [1.29, 1.82) is 0 Å². The first-order valence-electron chi connectivity index (χ1n) is 7.22. The van der Waals surface area contributed by atoms with Crippen LogP contribution in [0.3, 0.4) is 0 Å². The number of quaternary nitrogens is 1. The van der Waals surface area contributed by atoms with Crippen LogP contribution >= 0.6 is 23.2 Å². The molecule has 0 spiro atoms. The molecule has 0 heterocycles. The summed E-state index contributed by atoms with van der Waals surface area (Å²) in [6.07, 6.45) is 0. The Bertz CT molecular complexity index is 692. The minimum absolute atomic E-state index is 0.126. The van der Waals surface area contributed by atoms with Gasteiger partial charge in [-0.15, -0.1) is 0 Å². The van der Waals surface area contributed by atoms with Crippen molar-refractivity contribution in [3.05, 3.63) is 58.1 Å². The zero-order valence-corrected chi connectivity index (χ0v) is 14.5. The summed E-state index contributed by atoms with van der Waals surface area (Å²) in [7, 11) is 1.55. The molecule has 122 valence electrons. The van der Waals surface area contributed by atoms with Gasteiger partial charge in [-0.05, 0) is 37.3 Å². The smallest absolute Gasteiger partial charge is 0.279 e. The second kappa shape index (κ2) is 8.20. The van der Waals surface area contributed by atoms with Crippen LogP contribution in [-0.4, -0.2) is 19.6 Å². The molecule has 2 rings (SSSR count). The molecule has 0 aliphatic carbocycles. The van der Waals surface area contributed by atoms with E-state index in [2.05, 4.69) is 5.32 Å². The molecule has 0 saturated carbocycles. The Balaban J connectivity index is 1.94. The van der Waals surface area contributed by atoms with Gasteiger partial charge >= 0.3 is 0 Å². The molecule has 0 aromatic heterocycles. The maximum atomic E-state index is 12.1. The zero-order chi connectivity index (χ0) is 16.8. The van der Waals surface area contributed by atoms with Gasteiger partial charge in [-0.2, -0.15) is 0 Å². The first-order chi connectivity index (χ1) is 11.0. The molecule has 1 amide bonds. The average Bonchev–Trinajstić information content (AvgIpc) is 2.53. The Kier molecular flexibility index (Phi) is 6.28. The van der Waals surface area contributed by atoms with Crippen LogP contribution in [0.1, 0.15) is 18.5 Å². The van der Waals surface area contributed by atoms with Crippen LogP contribution in [0.25, 0.3) is 0 Å². The average molecular weight is 354 g/mol. The highest BCUT2D eigenvalue weighted by Gasteiger charge is 2.13. The van der Waals surface area contributed by atoms with Crippen molar-refractivity contribution in [1.82, 2.24) is 0 Å². The highest BCUT2D eigenvalue weighted by molar-refractivity contribution is 6.31. The molecule has 0 bridgehead atoms. The Morgan fingerprint density at radius 1 is 1.22 bits per heavy atom. The van der Waals surface area contributed by atoms with Crippen molar-refractivity contribution in [2.24, 2.45) is 0 Å². The predicted molar refractivity (Wildman–Crippen MR) is 93.3 cm³/mol. The molecule has 2 aromatic carbocycles. The van der Waals surface area contributed by atoms with Crippen LogP contribution in [0.4, 0.5) is 5.69 Å². The lowest BCUT2D eigenvalue weighted by Crippen LogP contribution is -2.86. The van der Waals surface area contributed by atoms with Gasteiger partial charge < -0.3 is 15.4 Å². The highest BCUT2D eigenvalue weighted by Crippen LogP contribution is 2.27. The van der Waals surface area contributed by atoms with E-state index in [0.717, 1.165) is 5.56 Å². The van der Waals surface area contributed by atoms with E-state index in [1.807, 2.05) is 36.5 Å². The summed E-state index contributed by atoms with van der Waals surface area (Å²) >= 11 is 11.9. The minimum Gasteiger partial charge on any atom is -0.495 e. The van der Waals surface area contributed by atoms with E-state index in [9.17, 15) is 4.79 Å².